The minimum atomic E-state index is 0.449. The Morgan fingerprint density at radius 3 is 2.88 bits per heavy atom. The monoisotopic (exact) mass is 348 g/mol. The summed E-state index contributed by atoms with van der Waals surface area (Å²) in [6.45, 7) is 3.56. The van der Waals surface area contributed by atoms with E-state index in [1.165, 1.54) is 11.3 Å². The Kier molecular flexibility index (Phi) is 3.87. The van der Waals surface area contributed by atoms with E-state index in [9.17, 15) is 0 Å². The van der Waals surface area contributed by atoms with Gasteiger partial charge < -0.3 is 4.42 Å². The third kappa shape index (κ3) is 2.72. The van der Waals surface area contributed by atoms with Gasteiger partial charge in [-0.05, 0) is 24.9 Å². The molecule has 4 aromatic rings. The maximum absolute atomic E-state index is 5.54. The summed E-state index contributed by atoms with van der Waals surface area (Å²) in [6, 6.07) is 7.47. The number of nitrogens with zero attached hydrogens (tertiary/aromatic N) is 6. The lowest BCUT2D eigenvalue weighted by Crippen LogP contribution is -2.02. The molecule has 0 aliphatic carbocycles. The van der Waals surface area contributed by atoms with E-state index in [1.807, 2.05) is 24.3 Å². The first-order valence-electron chi connectivity index (χ1n) is 7.36. The van der Waals surface area contributed by atoms with E-state index < -0.39 is 0 Å². The SMILES string of the molecule is C=NC(=NC)c1nc(-c2nnc(-c3cccnc3)s2)cc2occc12. The zero-order chi connectivity index (χ0) is 17.2. The van der Waals surface area contributed by atoms with Gasteiger partial charge in [0.25, 0.3) is 0 Å². The van der Waals surface area contributed by atoms with Crippen LogP contribution in [-0.2, 0) is 0 Å². The molecule has 122 valence electrons. The van der Waals surface area contributed by atoms with Crippen LogP contribution >= 0.6 is 11.3 Å². The topological polar surface area (TPSA) is 89.4 Å². The van der Waals surface area contributed by atoms with Gasteiger partial charge in [-0.25, -0.2) is 9.98 Å². The molecule has 0 amide bonds. The summed E-state index contributed by atoms with van der Waals surface area (Å²) in [5.41, 5.74) is 2.85. The molecule has 0 saturated heterocycles. The zero-order valence-electron chi connectivity index (χ0n) is 13.2. The molecule has 0 aromatic carbocycles. The summed E-state index contributed by atoms with van der Waals surface area (Å²) in [5.74, 6) is 0.449. The summed E-state index contributed by atoms with van der Waals surface area (Å²) in [4.78, 5) is 16.9. The van der Waals surface area contributed by atoms with Gasteiger partial charge in [-0.15, -0.1) is 10.2 Å². The second kappa shape index (κ2) is 6.33. The summed E-state index contributed by atoms with van der Waals surface area (Å²) in [6.07, 6.45) is 5.08. The highest BCUT2D eigenvalue weighted by Gasteiger charge is 2.17. The van der Waals surface area contributed by atoms with Crippen molar-refractivity contribution in [2.24, 2.45) is 9.98 Å². The lowest BCUT2D eigenvalue weighted by Gasteiger charge is -2.03. The van der Waals surface area contributed by atoms with Crippen molar-refractivity contribution in [3.8, 4) is 21.3 Å². The van der Waals surface area contributed by atoms with Gasteiger partial charge in [0.1, 0.15) is 22.0 Å². The van der Waals surface area contributed by atoms with E-state index >= 15 is 0 Å². The van der Waals surface area contributed by atoms with Crippen molar-refractivity contribution in [3.05, 3.63) is 48.6 Å². The molecule has 0 spiro atoms. The van der Waals surface area contributed by atoms with Crippen molar-refractivity contribution in [3.63, 3.8) is 0 Å². The number of furan rings is 1. The molecule has 0 radical (unpaired) electrons. The van der Waals surface area contributed by atoms with E-state index in [0.29, 0.717) is 27.8 Å². The normalized spacial score (nSPS) is 11.8. The second-order valence-electron chi connectivity index (χ2n) is 5.05. The Labute approximate surface area is 146 Å². The quantitative estimate of drug-likeness (QED) is 0.418. The van der Waals surface area contributed by atoms with Crippen LogP contribution in [0.15, 0.2) is 57.3 Å². The van der Waals surface area contributed by atoms with Crippen LogP contribution in [0.2, 0.25) is 0 Å². The van der Waals surface area contributed by atoms with Crippen LogP contribution < -0.4 is 0 Å². The molecule has 0 bridgehead atoms. The fourth-order valence-corrected chi connectivity index (χ4v) is 3.22. The summed E-state index contributed by atoms with van der Waals surface area (Å²) in [7, 11) is 1.65. The number of rotatable bonds is 3. The Morgan fingerprint density at radius 1 is 1.24 bits per heavy atom. The highest BCUT2D eigenvalue weighted by atomic mass is 32.1. The molecule has 4 aromatic heterocycles. The molecule has 0 saturated carbocycles. The molecule has 0 atom stereocenters. The zero-order valence-corrected chi connectivity index (χ0v) is 14.1. The minimum Gasteiger partial charge on any atom is -0.464 e. The third-order valence-electron chi connectivity index (χ3n) is 3.58. The second-order valence-corrected chi connectivity index (χ2v) is 6.03. The van der Waals surface area contributed by atoms with Crippen molar-refractivity contribution in [2.75, 3.05) is 7.05 Å². The smallest absolute Gasteiger partial charge is 0.173 e. The van der Waals surface area contributed by atoms with Crippen molar-refractivity contribution in [1.29, 1.82) is 0 Å². The van der Waals surface area contributed by atoms with Crippen molar-refractivity contribution < 1.29 is 4.42 Å². The van der Waals surface area contributed by atoms with Crippen molar-refractivity contribution in [2.45, 2.75) is 0 Å². The Hall–Kier alpha value is -3.26. The number of fused-ring (bicyclic) bond motifs is 1. The number of hydrogen-bond acceptors (Lipinski definition) is 7. The van der Waals surface area contributed by atoms with E-state index in [4.69, 9.17) is 4.42 Å². The van der Waals surface area contributed by atoms with Gasteiger partial charge in [0.05, 0.1) is 6.26 Å². The maximum Gasteiger partial charge on any atom is 0.173 e. The molecular weight excluding hydrogens is 336 g/mol. The minimum absolute atomic E-state index is 0.449. The van der Waals surface area contributed by atoms with Crippen LogP contribution in [0.3, 0.4) is 0 Å². The van der Waals surface area contributed by atoms with Gasteiger partial charge in [0.15, 0.2) is 10.8 Å². The summed E-state index contributed by atoms with van der Waals surface area (Å²) < 4.78 is 5.54. The molecule has 0 aliphatic heterocycles. The molecule has 0 aliphatic rings. The average molecular weight is 348 g/mol. The maximum atomic E-state index is 5.54. The summed E-state index contributed by atoms with van der Waals surface area (Å²) in [5, 5.41) is 10.8. The van der Waals surface area contributed by atoms with Crippen LogP contribution in [0.25, 0.3) is 32.2 Å². The van der Waals surface area contributed by atoms with Gasteiger partial charge in [-0.1, -0.05) is 11.3 Å². The third-order valence-corrected chi connectivity index (χ3v) is 4.57. The first kappa shape index (κ1) is 15.3. The molecule has 4 rings (SSSR count). The molecule has 4 heterocycles. The highest BCUT2D eigenvalue weighted by Crippen LogP contribution is 2.31. The van der Waals surface area contributed by atoms with Crippen LogP contribution in [0, 0.1) is 0 Å². The largest absolute Gasteiger partial charge is 0.464 e. The molecular formula is C17H12N6OS. The van der Waals surface area contributed by atoms with Gasteiger partial charge in [0, 0.05) is 36.5 Å². The van der Waals surface area contributed by atoms with Crippen LogP contribution in [0.4, 0.5) is 0 Å². The van der Waals surface area contributed by atoms with E-state index in [0.717, 1.165) is 16.0 Å². The number of amidine groups is 1. The van der Waals surface area contributed by atoms with Gasteiger partial charge in [-0.3, -0.25) is 9.98 Å². The molecule has 0 fully saturated rings. The summed E-state index contributed by atoms with van der Waals surface area (Å²) >= 11 is 1.43. The molecule has 25 heavy (non-hydrogen) atoms. The number of hydrogen-bond donors (Lipinski definition) is 0. The average Bonchev–Trinajstić information content (AvgIpc) is 3.33. The van der Waals surface area contributed by atoms with Gasteiger partial charge >= 0.3 is 0 Å². The van der Waals surface area contributed by atoms with E-state index in [1.54, 1.807) is 25.7 Å². The number of aromatic nitrogens is 4. The fraction of sp³-hybridized carbons (Fsp3) is 0.0588. The van der Waals surface area contributed by atoms with Gasteiger partial charge in [0.2, 0.25) is 0 Å². The predicted molar refractivity (Wildman–Crippen MR) is 98.2 cm³/mol. The lowest BCUT2D eigenvalue weighted by molar-refractivity contribution is 0.615. The van der Waals surface area contributed by atoms with E-state index in [2.05, 4.69) is 36.9 Å². The van der Waals surface area contributed by atoms with Crippen molar-refractivity contribution in [1.82, 2.24) is 20.2 Å². The Balaban J connectivity index is 1.85. The predicted octanol–water partition coefficient (Wildman–Crippen LogP) is 3.49. The molecule has 0 N–H and O–H groups in total. The fourth-order valence-electron chi connectivity index (χ4n) is 2.43. The molecule has 7 nitrogen and oxygen atoms in total. The Morgan fingerprint density at radius 2 is 2.12 bits per heavy atom. The van der Waals surface area contributed by atoms with Crippen LogP contribution in [0.1, 0.15) is 5.69 Å². The molecule has 8 heteroatoms. The first-order chi connectivity index (χ1) is 12.3. The number of aliphatic imine (C=N–C) groups is 2. The number of pyridine rings is 2. The van der Waals surface area contributed by atoms with Gasteiger partial charge in [-0.2, -0.15) is 0 Å². The highest BCUT2D eigenvalue weighted by molar-refractivity contribution is 7.17. The van der Waals surface area contributed by atoms with Crippen LogP contribution in [0.5, 0.6) is 0 Å². The standard InChI is InChI=1S/C17H12N6OS/c1-18-15(19-2)14-11-5-7-24-13(11)8-12(21-14)17-23-22-16(25-17)10-4-3-6-20-9-10/h3-9H,1H2,2H3. The van der Waals surface area contributed by atoms with E-state index in [-0.39, 0.29) is 0 Å². The van der Waals surface area contributed by atoms with Crippen LogP contribution in [-0.4, -0.2) is 39.8 Å². The first-order valence-corrected chi connectivity index (χ1v) is 8.18. The Bertz CT molecular complexity index is 1080. The molecule has 0 unspecified atom stereocenters. The van der Waals surface area contributed by atoms with Crippen molar-refractivity contribution >= 4 is 34.9 Å². The lowest BCUT2D eigenvalue weighted by atomic mass is 10.2.